The van der Waals surface area contributed by atoms with Gasteiger partial charge in [0.2, 0.25) is 0 Å². The molecule has 0 aromatic heterocycles. The summed E-state index contributed by atoms with van der Waals surface area (Å²) in [6, 6.07) is 6.19. The Labute approximate surface area is 166 Å². The van der Waals surface area contributed by atoms with Gasteiger partial charge < -0.3 is 9.47 Å². The molecule has 4 bridgehead atoms. The second-order valence-electron chi connectivity index (χ2n) is 8.51. The van der Waals surface area contributed by atoms with Gasteiger partial charge in [0.15, 0.2) is 0 Å². The third kappa shape index (κ3) is 2.17. The van der Waals surface area contributed by atoms with E-state index in [0.29, 0.717) is 17.9 Å². The third-order valence-electron chi connectivity index (χ3n) is 7.55. The van der Waals surface area contributed by atoms with Gasteiger partial charge in [0.25, 0.3) is 5.91 Å². The summed E-state index contributed by atoms with van der Waals surface area (Å²) in [6.45, 7) is 3.83. The molecule has 1 saturated carbocycles. The van der Waals surface area contributed by atoms with Gasteiger partial charge in [0.1, 0.15) is 11.2 Å². The fourth-order valence-electron chi connectivity index (χ4n) is 6.17. The molecule has 6 nitrogen and oxygen atoms in total. The minimum Gasteiger partial charge on any atom is -0.497 e. The smallest absolute Gasteiger partial charge is 0.264 e. The van der Waals surface area contributed by atoms with Crippen LogP contribution in [0.5, 0.6) is 5.75 Å². The fourth-order valence-corrected chi connectivity index (χ4v) is 6.17. The summed E-state index contributed by atoms with van der Waals surface area (Å²) in [7, 11) is 5.37. The lowest BCUT2D eigenvalue weighted by Gasteiger charge is -2.46. The number of benzene rings is 1. The highest BCUT2D eigenvalue weighted by molar-refractivity contribution is 6.07. The Balaban J connectivity index is 1.69. The van der Waals surface area contributed by atoms with E-state index < -0.39 is 5.41 Å². The summed E-state index contributed by atoms with van der Waals surface area (Å²) < 4.78 is 11.8. The second-order valence-corrected chi connectivity index (χ2v) is 8.51. The summed E-state index contributed by atoms with van der Waals surface area (Å²) >= 11 is 0. The summed E-state index contributed by atoms with van der Waals surface area (Å²) in [6.07, 6.45) is 3.79. The van der Waals surface area contributed by atoms with Crippen molar-refractivity contribution in [3.05, 3.63) is 35.4 Å². The number of allylic oxidation sites excluding steroid dienone is 1. The molecule has 1 aromatic rings. The topological polar surface area (TPSA) is 51.2 Å². The van der Waals surface area contributed by atoms with Crippen LogP contribution in [0.2, 0.25) is 0 Å². The van der Waals surface area contributed by atoms with Crippen molar-refractivity contribution in [2.24, 2.45) is 11.8 Å². The maximum Gasteiger partial charge on any atom is 0.264 e. The van der Waals surface area contributed by atoms with Gasteiger partial charge in [-0.15, -0.1) is 0 Å². The summed E-state index contributed by atoms with van der Waals surface area (Å²) in [5.74, 6) is 1.64. The first-order chi connectivity index (χ1) is 13.5. The quantitative estimate of drug-likeness (QED) is 0.734. The van der Waals surface area contributed by atoms with Crippen molar-refractivity contribution in [2.45, 2.75) is 37.3 Å². The number of hydrogen-bond acceptors (Lipinski definition) is 5. The largest absolute Gasteiger partial charge is 0.497 e. The number of carbonyl (C=O) groups excluding carboxylic acids is 1. The van der Waals surface area contributed by atoms with Gasteiger partial charge >= 0.3 is 0 Å². The van der Waals surface area contributed by atoms with E-state index in [9.17, 15) is 4.79 Å². The Hall–Kier alpha value is -1.89. The van der Waals surface area contributed by atoms with Gasteiger partial charge in [-0.2, -0.15) is 5.06 Å². The predicted octanol–water partition coefficient (Wildman–Crippen LogP) is 2.53. The van der Waals surface area contributed by atoms with Gasteiger partial charge in [-0.25, -0.2) is 0 Å². The van der Waals surface area contributed by atoms with Crippen molar-refractivity contribution >= 4 is 11.6 Å². The van der Waals surface area contributed by atoms with E-state index in [1.165, 1.54) is 10.6 Å². The first-order valence-corrected chi connectivity index (χ1v) is 10.1. The minimum absolute atomic E-state index is 0.00752. The van der Waals surface area contributed by atoms with Gasteiger partial charge in [-0.1, -0.05) is 17.7 Å². The molecule has 5 aliphatic rings. The van der Waals surface area contributed by atoms with Gasteiger partial charge in [0.05, 0.1) is 32.6 Å². The van der Waals surface area contributed by atoms with E-state index in [4.69, 9.17) is 14.3 Å². The van der Waals surface area contributed by atoms with E-state index in [0.717, 1.165) is 43.0 Å². The van der Waals surface area contributed by atoms with Crippen LogP contribution in [0, 0.1) is 11.8 Å². The van der Waals surface area contributed by atoms with Crippen LogP contribution in [0.4, 0.5) is 5.69 Å². The number of methoxy groups -OCH3 is 1. The van der Waals surface area contributed by atoms with Crippen molar-refractivity contribution in [1.29, 1.82) is 0 Å². The Morgan fingerprint density at radius 2 is 2.14 bits per heavy atom. The molecule has 150 valence electrons. The molecular weight excluding hydrogens is 356 g/mol. The second kappa shape index (κ2) is 6.31. The number of hydroxylamine groups is 1. The monoisotopic (exact) mass is 384 g/mol. The number of rotatable bonds is 2. The summed E-state index contributed by atoms with van der Waals surface area (Å²) in [4.78, 5) is 21.8. The number of likely N-dealkylation sites (tertiary alicyclic amines) is 1. The maximum atomic E-state index is 13.8. The van der Waals surface area contributed by atoms with Crippen LogP contribution in [-0.2, 0) is 19.8 Å². The normalized spacial score (nSPS) is 38.2. The number of piperidine rings is 1. The minimum atomic E-state index is -0.705. The molecule has 28 heavy (non-hydrogen) atoms. The number of hydrogen-bond donors (Lipinski definition) is 0. The molecular formula is C22H28N2O4. The molecule has 6 rings (SSSR count). The lowest BCUT2D eigenvalue weighted by Crippen LogP contribution is -2.50. The Kier molecular flexibility index (Phi) is 4.09. The highest BCUT2D eigenvalue weighted by Crippen LogP contribution is 2.57. The molecule has 1 aliphatic carbocycles. The van der Waals surface area contributed by atoms with Crippen LogP contribution in [0.25, 0.3) is 0 Å². The Morgan fingerprint density at radius 1 is 1.32 bits per heavy atom. The van der Waals surface area contributed by atoms with E-state index in [1.54, 1.807) is 14.2 Å². The molecule has 1 aromatic carbocycles. The van der Waals surface area contributed by atoms with Gasteiger partial charge in [-0.05, 0) is 44.4 Å². The molecule has 4 aliphatic heterocycles. The number of carbonyl (C=O) groups is 1. The van der Waals surface area contributed by atoms with Gasteiger partial charge in [-0.3, -0.25) is 14.5 Å². The number of ether oxygens (including phenoxy) is 2. The van der Waals surface area contributed by atoms with Crippen molar-refractivity contribution < 1.29 is 19.1 Å². The number of likely N-dealkylation sites (N-methyl/N-ethyl adjacent to an activating group) is 1. The molecule has 3 saturated heterocycles. The number of fused-ring (bicyclic) bond motifs is 2. The molecule has 1 amide bonds. The fraction of sp³-hybridized carbons (Fsp3) is 0.591. The molecule has 4 heterocycles. The van der Waals surface area contributed by atoms with Crippen LogP contribution < -0.4 is 9.80 Å². The molecule has 0 unspecified atom stereocenters. The van der Waals surface area contributed by atoms with E-state index in [-0.39, 0.29) is 12.0 Å². The SMILES string of the molecule is CC=C1CN(C)[C@@H]2C[C@]3(C(=O)N(OC)c4cc(OC)ccc43)[C@@H]3C[C@H]1[C@H]2CO3. The number of anilines is 1. The molecule has 4 fully saturated rings. The first-order valence-electron chi connectivity index (χ1n) is 10.1. The average molecular weight is 384 g/mol. The van der Waals surface area contributed by atoms with Gasteiger partial charge in [0, 0.05) is 24.6 Å². The zero-order valence-electron chi connectivity index (χ0n) is 17.0. The van der Waals surface area contributed by atoms with Crippen molar-refractivity contribution in [3.8, 4) is 5.75 Å². The lowest BCUT2D eigenvalue weighted by molar-refractivity contribution is -0.137. The van der Waals surface area contributed by atoms with E-state index in [2.05, 4.69) is 24.9 Å². The molecule has 1 spiro atoms. The zero-order chi connectivity index (χ0) is 19.6. The van der Waals surface area contributed by atoms with Crippen LogP contribution >= 0.6 is 0 Å². The lowest BCUT2D eigenvalue weighted by atomic mass is 9.72. The van der Waals surface area contributed by atoms with E-state index in [1.807, 2.05) is 18.2 Å². The molecule has 5 atom stereocenters. The zero-order valence-corrected chi connectivity index (χ0v) is 17.0. The predicted molar refractivity (Wildman–Crippen MR) is 105 cm³/mol. The van der Waals surface area contributed by atoms with Crippen LogP contribution in [0.3, 0.4) is 0 Å². The Bertz CT molecular complexity index is 853. The van der Waals surface area contributed by atoms with E-state index >= 15 is 0 Å². The highest BCUT2D eigenvalue weighted by atomic mass is 16.7. The summed E-state index contributed by atoms with van der Waals surface area (Å²) in [5.41, 5.74) is 2.57. The standard InChI is InChI=1S/C22H28N2O4/c1-5-13-11-23(2)19-10-22(20-9-15(13)16(19)12-28-20)17-7-6-14(26-3)8-18(17)24(27-4)21(22)25/h5-8,15-16,19-20H,9-12H2,1-4H3/t15-,16-,19-,20+,22-/m1/s1. The molecule has 0 N–H and O–H groups in total. The van der Waals surface area contributed by atoms with Crippen LogP contribution in [-0.4, -0.2) is 57.4 Å². The van der Waals surface area contributed by atoms with Crippen molar-refractivity contribution in [3.63, 3.8) is 0 Å². The Morgan fingerprint density at radius 3 is 2.86 bits per heavy atom. The number of amides is 1. The van der Waals surface area contributed by atoms with Crippen LogP contribution in [0.15, 0.2) is 29.8 Å². The summed E-state index contributed by atoms with van der Waals surface area (Å²) in [5, 5.41) is 1.44. The van der Waals surface area contributed by atoms with Crippen LogP contribution in [0.1, 0.15) is 25.3 Å². The van der Waals surface area contributed by atoms with Crippen molar-refractivity contribution in [1.82, 2.24) is 4.90 Å². The highest BCUT2D eigenvalue weighted by Gasteiger charge is 2.64. The first kappa shape index (κ1) is 18.2. The molecule has 6 heteroatoms. The third-order valence-corrected chi connectivity index (χ3v) is 7.55. The molecule has 0 radical (unpaired) electrons. The number of nitrogens with zero attached hydrogens (tertiary/aromatic N) is 2. The maximum absolute atomic E-state index is 13.8. The average Bonchev–Trinajstić information content (AvgIpc) is 2.82. The van der Waals surface area contributed by atoms with Crippen molar-refractivity contribution in [2.75, 3.05) is 39.5 Å².